The van der Waals surface area contributed by atoms with Crippen LogP contribution in [0.3, 0.4) is 0 Å². The molecule has 4 N–H and O–H groups in total. The van der Waals surface area contributed by atoms with E-state index in [0.717, 1.165) is 24.1 Å². The molecule has 0 saturated heterocycles. The zero-order valence-electron chi connectivity index (χ0n) is 13.6. The molecule has 1 amide bonds. The van der Waals surface area contributed by atoms with E-state index < -0.39 is 5.91 Å². The highest BCUT2D eigenvalue weighted by Gasteiger charge is 2.11. The van der Waals surface area contributed by atoms with Gasteiger partial charge in [-0.3, -0.25) is 4.79 Å². The van der Waals surface area contributed by atoms with Crippen molar-refractivity contribution in [2.45, 2.75) is 26.7 Å². The summed E-state index contributed by atoms with van der Waals surface area (Å²) in [5, 5.41) is 2.33. The number of aliphatic imine (C=N–C) groups is 2. The predicted octanol–water partition coefficient (Wildman–Crippen LogP) is 2.60. The Bertz CT molecular complexity index is 803. The number of nitrogens with zero attached hydrogens (tertiary/aromatic N) is 3. The predicted molar refractivity (Wildman–Crippen MR) is 95.6 cm³/mol. The summed E-state index contributed by atoms with van der Waals surface area (Å²) in [4.78, 5) is 30.6. The van der Waals surface area contributed by atoms with Gasteiger partial charge >= 0.3 is 5.91 Å². The van der Waals surface area contributed by atoms with Gasteiger partial charge in [-0.2, -0.15) is 0 Å². The number of aryl methyl sites for hydroxylation is 1. The largest absolute Gasteiger partial charge is 0.399 e. The Morgan fingerprint density at radius 3 is 2.71 bits per heavy atom. The zero-order chi connectivity index (χ0) is 17.7. The summed E-state index contributed by atoms with van der Waals surface area (Å²) in [5.74, 6) is -0.494. The molecule has 7 nitrogen and oxygen atoms in total. The van der Waals surface area contributed by atoms with Crippen molar-refractivity contribution in [1.82, 2.24) is 0 Å². The highest BCUT2D eigenvalue weighted by atomic mass is 16.3. The van der Waals surface area contributed by atoms with Gasteiger partial charge in [-0.25, -0.2) is 9.98 Å². The number of allylic oxidation sites excluding steroid dienone is 2. The van der Waals surface area contributed by atoms with Crippen molar-refractivity contribution < 1.29 is 4.79 Å². The number of amides is 1. The topological polar surface area (TPSA) is 123 Å². The van der Waals surface area contributed by atoms with Crippen molar-refractivity contribution in [2.75, 3.05) is 5.73 Å². The molecule has 1 aliphatic heterocycles. The first-order valence-electron chi connectivity index (χ1n) is 7.45. The second kappa shape index (κ2) is 7.45. The van der Waals surface area contributed by atoms with Gasteiger partial charge in [0.1, 0.15) is 11.5 Å². The third-order valence-electron chi connectivity index (χ3n) is 3.56. The third-order valence-corrected chi connectivity index (χ3v) is 3.56. The maximum absolute atomic E-state index is 11.4. The van der Waals surface area contributed by atoms with Crippen LogP contribution in [0, 0.1) is 11.8 Å². The molecule has 0 aliphatic carbocycles. The van der Waals surface area contributed by atoms with Crippen molar-refractivity contribution in [2.24, 2.45) is 20.9 Å². The second-order valence-corrected chi connectivity index (χ2v) is 5.51. The van der Waals surface area contributed by atoms with Crippen LogP contribution in [-0.2, 0) is 4.79 Å². The molecule has 0 bridgehead atoms. The first-order valence-corrected chi connectivity index (χ1v) is 7.45. The average molecular weight is 325 g/mol. The quantitative estimate of drug-likeness (QED) is 0.382. The van der Waals surface area contributed by atoms with E-state index in [2.05, 4.69) is 15.2 Å². The first-order chi connectivity index (χ1) is 11.4. The van der Waals surface area contributed by atoms with Crippen molar-refractivity contribution in [3.05, 3.63) is 57.9 Å². The van der Waals surface area contributed by atoms with Gasteiger partial charge < -0.3 is 11.5 Å². The molecule has 124 valence electrons. The molecule has 0 atom stereocenters. The van der Waals surface area contributed by atoms with Crippen LogP contribution in [-0.4, -0.2) is 17.3 Å². The van der Waals surface area contributed by atoms with Gasteiger partial charge in [-0.05, 0) is 56.5 Å². The maximum Gasteiger partial charge on any atom is 0.332 e. The van der Waals surface area contributed by atoms with E-state index in [9.17, 15) is 9.70 Å². The highest BCUT2D eigenvalue weighted by molar-refractivity contribution is 6.13. The lowest BCUT2D eigenvalue weighted by Gasteiger charge is -2.10. The van der Waals surface area contributed by atoms with E-state index in [4.69, 9.17) is 11.5 Å². The van der Waals surface area contributed by atoms with Crippen LogP contribution >= 0.6 is 0 Å². The van der Waals surface area contributed by atoms with E-state index in [1.54, 1.807) is 12.1 Å². The summed E-state index contributed by atoms with van der Waals surface area (Å²) < 4.78 is 0. The third kappa shape index (κ3) is 4.22. The van der Waals surface area contributed by atoms with Gasteiger partial charge in [0.25, 0.3) is 0 Å². The van der Waals surface area contributed by atoms with Crippen molar-refractivity contribution in [1.29, 1.82) is 0 Å². The molecule has 0 aromatic heterocycles. The highest BCUT2D eigenvalue weighted by Crippen LogP contribution is 2.18. The van der Waals surface area contributed by atoms with Crippen LogP contribution in [0.1, 0.15) is 30.9 Å². The average Bonchev–Trinajstić information content (AvgIpc) is 2.56. The minimum Gasteiger partial charge on any atom is -0.399 e. The molecule has 0 spiro atoms. The van der Waals surface area contributed by atoms with E-state index >= 15 is 0 Å². The van der Waals surface area contributed by atoms with E-state index in [-0.39, 0.29) is 5.70 Å². The van der Waals surface area contributed by atoms with Gasteiger partial charge in [0.15, 0.2) is 0 Å². The summed E-state index contributed by atoms with van der Waals surface area (Å²) in [6.45, 7) is 3.80. The van der Waals surface area contributed by atoms with E-state index in [1.165, 1.54) is 6.08 Å². The van der Waals surface area contributed by atoms with Crippen LogP contribution in [0.15, 0.2) is 57.0 Å². The summed E-state index contributed by atoms with van der Waals surface area (Å²) in [6, 6.07) is 5.34. The van der Waals surface area contributed by atoms with Crippen LogP contribution < -0.4 is 11.5 Å². The molecule has 1 aliphatic rings. The number of nitrogens with two attached hydrogens (primary N) is 2. The lowest BCUT2D eigenvalue weighted by atomic mass is 10.0. The van der Waals surface area contributed by atoms with Crippen molar-refractivity contribution in [3.63, 3.8) is 0 Å². The number of nitrogen functional groups attached to an aromatic ring is 1. The van der Waals surface area contributed by atoms with Gasteiger partial charge in [-0.15, -0.1) is 4.91 Å². The number of benzene rings is 1. The summed E-state index contributed by atoms with van der Waals surface area (Å²) >= 11 is 0. The Morgan fingerprint density at radius 1 is 1.33 bits per heavy atom. The standard InChI is InChI=1S/C17H19N5O2/c1-10-8-12(6-7-13(10)18)15(9-14(19)17(23)22-24)21-16-5-3-4-11(2)20-16/h5-9H,3-4,18-19H2,1-2H3. The smallest absolute Gasteiger partial charge is 0.332 e. The van der Waals surface area contributed by atoms with Crippen LogP contribution in [0.2, 0.25) is 0 Å². The second-order valence-electron chi connectivity index (χ2n) is 5.51. The summed E-state index contributed by atoms with van der Waals surface area (Å²) in [6.07, 6.45) is 4.97. The minimum absolute atomic E-state index is 0.282. The molecular weight excluding hydrogens is 306 g/mol. The fourth-order valence-electron chi connectivity index (χ4n) is 2.18. The normalized spacial score (nSPS) is 15.6. The minimum atomic E-state index is -1.04. The molecule has 1 aromatic rings. The maximum atomic E-state index is 11.4. The Kier molecular flexibility index (Phi) is 5.36. The number of carbonyl (C=O) groups is 1. The number of rotatable bonds is 4. The molecular formula is C17H19N5O2. The van der Waals surface area contributed by atoms with Crippen LogP contribution in [0.4, 0.5) is 5.69 Å². The number of carbonyl (C=O) groups excluding carboxylic acids is 1. The Hall–Kier alpha value is -3.09. The molecule has 0 radical (unpaired) electrons. The van der Waals surface area contributed by atoms with Gasteiger partial charge in [0.2, 0.25) is 0 Å². The summed E-state index contributed by atoms with van der Waals surface area (Å²) in [7, 11) is 0. The van der Waals surface area contributed by atoms with Gasteiger partial charge in [0, 0.05) is 22.1 Å². The van der Waals surface area contributed by atoms with Gasteiger partial charge in [-0.1, -0.05) is 6.07 Å². The first kappa shape index (κ1) is 17.3. The molecule has 24 heavy (non-hydrogen) atoms. The Labute approximate surface area is 139 Å². The lowest BCUT2D eigenvalue weighted by molar-refractivity contribution is -0.114. The molecule has 1 aromatic carbocycles. The van der Waals surface area contributed by atoms with E-state index in [1.807, 2.05) is 26.0 Å². The number of nitroso groups, excluding NO2 is 1. The molecule has 0 unspecified atom stereocenters. The monoisotopic (exact) mass is 325 g/mol. The molecule has 7 heteroatoms. The molecule has 0 saturated carbocycles. The van der Waals surface area contributed by atoms with Crippen molar-refractivity contribution in [3.8, 4) is 0 Å². The number of anilines is 1. The van der Waals surface area contributed by atoms with Crippen LogP contribution in [0.25, 0.3) is 0 Å². The summed E-state index contributed by atoms with van der Waals surface area (Å²) in [5.41, 5.74) is 14.8. The van der Waals surface area contributed by atoms with Gasteiger partial charge in [0.05, 0.1) is 5.71 Å². The molecule has 0 fully saturated rings. The Morgan fingerprint density at radius 2 is 2.08 bits per heavy atom. The fourth-order valence-corrected chi connectivity index (χ4v) is 2.18. The molecule has 2 rings (SSSR count). The van der Waals surface area contributed by atoms with E-state index in [0.29, 0.717) is 22.8 Å². The lowest BCUT2D eigenvalue weighted by Crippen LogP contribution is -2.12. The Balaban J connectivity index is 2.53. The molecule has 1 heterocycles. The SMILES string of the molecule is CC1=NC(N=C(C=C(N)C(=O)N=O)c2ccc(N)c(C)c2)=CCC1. The number of hydrogen-bond donors (Lipinski definition) is 2. The fraction of sp³-hybridized carbons (Fsp3) is 0.235. The zero-order valence-corrected chi connectivity index (χ0v) is 13.6. The van der Waals surface area contributed by atoms with Crippen molar-refractivity contribution >= 4 is 23.0 Å². The number of hydrogen-bond acceptors (Lipinski definition) is 6. The van der Waals surface area contributed by atoms with Crippen LogP contribution in [0.5, 0.6) is 0 Å².